The average molecular weight is 403 g/mol. The maximum atomic E-state index is 11.8. The standard InChI is InChI=1S/C14H12ClIN2O2/c15-9-4-5-12(17)13(6-9)18-14(19)8-20-11-3-1-2-10(16)7-11/h1-7H,8,17H2,(H,18,19). The van der Waals surface area contributed by atoms with Gasteiger partial charge in [0.05, 0.1) is 11.4 Å². The molecule has 0 saturated carbocycles. The maximum absolute atomic E-state index is 11.8. The molecule has 104 valence electrons. The molecular formula is C14H12ClIN2O2. The third-order valence-electron chi connectivity index (χ3n) is 2.46. The monoisotopic (exact) mass is 402 g/mol. The second-order valence-corrected chi connectivity index (χ2v) is 5.71. The van der Waals surface area contributed by atoms with Crippen LogP contribution in [-0.4, -0.2) is 12.5 Å². The lowest BCUT2D eigenvalue weighted by Crippen LogP contribution is -2.20. The third kappa shape index (κ3) is 4.28. The summed E-state index contributed by atoms with van der Waals surface area (Å²) >= 11 is 8.03. The minimum absolute atomic E-state index is 0.0912. The normalized spacial score (nSPS) is 10.1. The van der Waals surface area contributed by atoms with Gasteiger partial charge in [0, 0.05) is 8.59 Å². The summed E-state index contributed by atoms with van der Waals surface area (Å²) in [5.41, 5.74) is 6.69. The first kappa shape index (κ1) is 14.9. The molecule has 0 atom stereocenters. The molecule has 2 aromatic carbocycles. The SMILES string of the molecule is Nc1ccc(Cl)cc1NC(=O)COc1cccc(I)c1. The van der Waals surface area contributed by atoms with E-state index in [-0.39, 0.29) is 12.5 Å². The summed E-state index contributed by atoms with van der Waals surface area (Å²) in [4.78, 5) is 11.8. The van der Waals surface area contributed by atoms with Gasteiger partial charge >= 0.3 is 0 Å². The number of anilines is 2. The Morgan fingerprint density at radius 2 is 2.10 bits per heavy atom. The summed E-state index contributed by atoms with van der Waals surface area (Å²) in [6.07, 6.45) is 0. The number of hydrogen-bond acceptors (Lipinski definition) is 3. The fourth-order valence-electron chi connectivity index (χ4n) is 1.53. The zero-order chi connectivity index (χ0) is 14.5. The molecule has 0 unspecified atom stereocenters. The van der Waals surface area contributed by atoms with Gasteiger partial charge in [-0.3, -0.25) is 4.79 Å². The van der Waals surface area contributed by atoms with Gasteiger partial charge in [-0.05, 0) is 59.0 Å². The van der Waals surface area contributed by atoms with E-state index in [2.05, 4.69) is 27.9 Å². The van der Waals surface area contributed by atoms with E-state index in [4.69, 9.17) is 22.1 Å². The number of carbonyl (C=O) groups is 1. The topological polar surface area (TPSA) is 64.3 Å². The fourth-order valence-corrected chi connectivity index (χ4v) is 2.22. The quantitative estimate of drug-likeness (QED) is 0.607. The average Bonchev–Trinajstić information content (AvgIpc) is 2.41. The largest absolute Gasteiger partial charge is 0.484 e. The van der Waals surface area contributed by atoms with Gasteiger partial charge in [0.2, 0.25) is 0 Å². The van der Waals surface area contributed by atoms with Crippen molar-refractivity contribution in [3.63, 3.8) is 0 Å². The van der Waals surface area contributed by atoms with E-state index in [9.17, 15) is 4.79 Å². The van der Waals surface area contributed by atoms with E-state index in [1.54, 1.807) is 24.3 Å². The van der Waals surface area contributed by atoms with Gasteiger partial charge < -0.3 is 15.8 Å². The van der Waals surface area contributed by atoms with Crippen molar-refractivity contribution in [1.82, 2.24) is 0 Å². The van der Waals surface area contributed by atoms with Gasteiger partial charge in [-0.2, -0.15) is 0 Å². The number of benzene rings is 2. The molecule has 6 heteroatoms. The first-order valence-corrected chi connectivity index (χ1v) is 7.23. The lowest BCUT2D eigenvalue weighted by atomic mass is 10.2. The molecular weight excluding hydrogens is 391 g/mol. The second kappa shape index (κ2) is 6.81. The van der Waals surface area contributed by atoms with Crippen molar-refractivity contribution < 1.29 is 9.53 Å². The van der Waals surface area contributed by atoms with Crippen LogP contribution in [0, 0.1) is 3.57 Å². The summed E-state index contributed by atoms with van der Waals surface area (Å²) in [7, 11) is 0. The van der Waals surface area contributed by atoms with Crippen molar-refractivity contribution in [2.45, 2.75) is 0 Å². The number of ether oxygens (including phenoxy) is 1. The number of amides is 1. The Balaban J connectivity index is 1.94. The highest BCUT2D eigenvalue weighted by atomic mass is 127. The smallest absolute Gasteiger partial charge is 0.262 e. The van der Waals surface area contributed by atoms with E-state index >= 15 is 0 Å². The predicted molar refractivity (Wildman–Crippen MR) is 89.1 cm³/mol. The van der Waals surface area contributed by atoms with Crippen LogP contribution in [0.5, 0.6) is 5.75 Å². The van der Waals surface area contributed by atoms with E-state index < -0.39 is 0 Å². The lowest BCUT2D eigenvalue weighted by molar-refractivity contribution is -0.118. The third-order valence-corrected chi connectivity index (χ3v) is 3.36. The van der Waals surface area contributed by atoms with Crippen molar-refractivity contribution in [1.29, 1.82) is 0 Å². The van der Waals surface area contributed by atoms with Gasteiger partial charge in [0.25, 0.3) is 5.91 Å². The van der Waals surface area contributed by atoms with Crippen LogP contribution >= 0.6 is 34.2 Å². The van der Waals surface area contributed by atoms with Crippen molar-refractivity contribution >= 4 is 51.5 Å². The maximum Gasteiger partial charge on any atom is 0.262 e. The van der Waals surface area contributed by atoms with Crippen LogP contribution in [0.15, 0.2) is 42.5 Å². The first-order valence-electron chi connectivity index (χ1n) is 5.78. The Morgan fingerprint density at radius 1 is 1.30 bits per heavy atom. The van der Waals surface area contributed by atoms with E-state index in [1.165, 1.54) is 0 Å². The van der Waals surface area contributed by atoms with Crippen LogP contribution in [0.25, 0.3) is 0 Å². The van der Waals surface area contributed by atoms with Crippen molar-refractivity contribution in [2.75, 3.05) is 17.7 Å². The molecule has 0 aliphatic heterocycles. The highest BCUT2D eigenvalue weighted by Gasteiger charge is 2.07. The Hall–Kier alpha value is -1.47. The van der Waals surface area contributed by atoms with Gasteiger partial charge in [-0.15, -0.1) is 0 Å². The molecule has 20 heavy (non-hydrogen) atoms. The van der Waals surface area contributed by atoms with Crippen LogP contribution in [0.2, 0.25) is 5.02 Å². The molecule has 0 fully saturated rings. The molecule has 0 saturated heterocycles. The van der Waals surface area contributed by atoms with Crippen LogP contribution in [-0.2, 0) is 4.79 Å². The minimum Gasteiger partial charge on any atom is -0.484 e. The van der Waals surface area contributed by atoms with Gasteiger partial charge in [-0.25, -0.2) is 0 Å². The van der Waals surface area contributed by atoms with E-state index in [0.717, 1.165) is 3.57 Å². The van der Waals surface area contributed by atoms with E-state index in [0.29, 0.717) is 22.1 Å². The van der Waals surface area contributed by atoms with Crippen molar-refractivity contribution in [3.8, 4) is 5.75 Å². The summed E-state index contributed by atoms with van der Waals surface area (Å²) in [5.74, 6) is 0.351. The predicted octanol–water partition coefficient (Wildman–Crippen LogP) is 3.54. The Kier molecular flexibility index (Phi) is 5.08. The number of nitrogen functional groups attached to an aromatic ring is 1. The zero-order valence-electron chi connectivity index (χ0n) is 10.4. The molecule has 2 aromatic rings. The minimum atomic E-state index is -0.294. The van der Waals surface area contributed by atoms with Crippen LogP contribution in [0.3, 0.4) is 0 Å². The molecule has 0 aliphatic carbocycles. The molecule has 0 radical (unpaired) electrons. The number of rotatable bonds is 4. The van der Waals surface area contributed by atoms with Gasteiger partial charge in [0.1, 0.15) is 5.75 Å². The van der Waals surface area contributed by atoms with Gasteiger partial charge in [-0.1, -0.05) is 17.7 Å². The molecule has 3 N–H and O–H groups in total. The fraction of sp³-hybridized carbons (Fsp3) is 0.0714. The molecule has 1 amide bonds. The summed E-state index contributed by atoms with van der Waals surface area (Å²) < 4.78 is 6.44. The number of carbonyl (C=O) groups excluding carboxylic acids is 1. The van der Waals surface area contributed by atoms with E-state index in [1.807, 2.05) is 18.2 Å². The molecule has 0 aliphatic rings. The highest BCUT2D eigenvalue weighted by molar-refractivity contribution is 14.1. The molecule has 0 spiro atoms. The molecule has 0 aromatic heterocycles. The number of nitrogens with one attached hydrogen (secondary N) is 1. The van der Waals surface area contributed by atoms with Crippen molar-refractivity contribution in [2.24, 2.45) is 0 Å². The summed E-state index contributed by atoms with van der Waals surface area (Å²) in [6.45, 7) is -0.0912. The molecule has 0 bridgehead atoms. The van der Waals surface area contributed by atoms with Gasteiger partial charge in [0.15, 0.2) is 6.61 Å². The zero-order valence-corrected chi connectivity index (χ0v) is 13.3. The molecule has 2 rings (SSSR count). The first-order chi connectivity index (χ1) is 9.54. The van der Waals surface area contributed by atoms with Crippen molar-refractivity contribution in [3.05, 3.63) is 51.1 Å². The summed E-state index contributed by atoms with van der Waals surface area (Å²) in [5, 5.41) is 3.17. The Bertz CT molecular complexity index is 634. The van der Waals surface area contributed by atoms with Crippen LogP contribution in [0.4, 0.5) is 11.4 Å². The number of nitrogens with two attached hydrogens (primary N) is 1. The highest BCUT2D eigenvalue weighted by Crippen LogP contribution is 2.22. The molecule has 4 nitrogen and oxygen atoms in total. The second-order valence-electron chi connectivity index (χ2n) is 4.03. The molecule has 0 heterocycles. The summed E-state index contributed by atoms with van der Waals surface area (Å²) in [6, 6.07) is 12.3. The van der Waals surface area contributed by atoms with Crippen LogP contribution < -0.4 is 15.8 Å². The Morgan fingerprint density at radius 3 is 2.85 bits per heavy atom. The Labute approximate surface area is 135 Å². The van der Waals surface area contributed by atoms with Crippen LogP contribution in [0.1, 0.15) is 0 Å². The number of halogens is 2. The number of hydrogen-bond donors (Lipinski definition) is 2. The lowest BCUT2D eigenvalue weighted by Gasteiger charge is -2.10.